The molecule has 1 unspecified atom stereocenters. The predicted molar refractivity (Wildman–Crippen MR) is 80.9 cm³/mol. The molecule has 0 saturated carbocycles. The number of phosphoric acid groups is 1. The summed E-state index contributed by atoms with van der Waals surface area (Å²) in [6, 6.07) is -1.56. The third-order valence-corrected chi connectivity index (χ3v) is 9.59. The molecule has 2 heterocycles. The zero-order chi connectivity index (χ0) is 17.3. The number of β-lactam (4-membered cyclic amide) rings is 1. The first-order valence-electron chi connectivity index (χ1n) is 5.78. The number of fused-ring (bicyclic) bond motifs is 1. The van der Waals surface area contributed by atoms with Gasteiger partial charge in [-0.15, -0.1) is 0 Å². The van der Waals surface area contributed by atoms with E-state index < -0.39 is 48.9 Å². The van der Waals surface area contributed by atoms with Gasteiger partial charge in [0.2, 0.25) is 0 Å². The summed E-state index contributed by atoms with van der Waals surface area (Å²) in [5.41, 5.74) is 0. The topological polar surface area (TPSA) is 127 Å². The van der Waals surface area contributed by atoms with Gasteiger partial charge in [-0.1, -0.05) is 31.9 Å². The number of hydrogen-bond donors (Lipinski definition) is 1. The van der Waals surface area contributed by atoms with Crippen LogP contribution in [0.1, 0.15) is 13.8 Å². The number of rotatable bonds is 3. The van der Waals surface area contributed by atoms with Gasteiger partial charge in [0, 0.05) is 7.11 Å². The molecule has 3 atom stereocenters. The lowest BCUT2D eigenvalue weighted by Gasteiger charge is -2.45. The summed E-state index contributed by atoms with van der Waals surface area (Å²) in [6.45, 7) is 2.48. The summed E-state index contributed by atoms with van der Waals surface area (Å²) >= 11 is 5.96. The SMILES string of the molecule is COP(=O)(O)OC(=O)[C@@H]1N2C(=O)C(Br)(Br)[C@@H]2S(=O)(=O)C1(C)C. The summed E-state index contributed by atoms with van der Waals surface area (Å²) in [6.07, 6.45) is 0. The molecular weight excluding hydrogens is 473 g/mol. The van der Waals surface area contributed by atoms with Gasteiger partial charge in [0.25, 0.3) is 5.91 Å². The van der Waals surface area contributed by atoms with Crippen LogP contribution in [0, 0.1) is 0 Å². The highest BCUT2D eigenvalue weighted by Crippen LogP contribution is 2.57. The molecule has 0 aromatic rings. The standard InChI is InChI=1S/C9H12Br2NO8PS/c1-8(2)4(5(13)20-21(15,16)19-3)12-6(14)9(10,11)7(12)22(8,17)18/h4,7H,1-3H3,(H,15,16)/t4-,7-/m0/s1. The third-order valence-electron chi connectivity index (χ3n) is 3.71. The number of nitrogens with zero attached hydrogens (tertiary/aromatic N) is 1. The second-order valence-electron chi connectivity index (χ2n) is 5.30. The van der Waals surface area contributed by atoms with E-state index in [0.717, 1.165) is 12.0 Å². The molecule has 0 bridgehead atoms. The molecule has 126 valence electrons. The van der Waals surface area contributed by atoms with Gasteiger partial charge in [-0.05, 0) is 13.8 Å². The van der Waals surface area contributed by atoms with Crippen molar-refractivity contribution < 1.29 is 36.5 Å². The van der Waals surface area contributed by atoms with Gasteiger partial charge in [-0.2, -0.15) is 0 Å². The molecule has 9 nitrogen and oxygen atoms in total. The predicted octanol–water partition coefficient (Wildman–Crippen LogP) is 0.506. The van der Waals surface area contributed by atoms with Gasteiger partial charge in [0.15, 0.2) is 24.5 Å². The molecule has 22 heavy (non-hydrogen) atoms. The molecule has 0 aromatic carbocycles. The quantitative estimate of drug-likeness (QED) is 0.348. The molecule has 0 aromatic heterocycles. The van der Waals surface area contributed by atoms with Crippen LogP contribution in [0.2, 0.25) is 0 Å². The monoisotopic (exact) mass is 483 g/mol. The molecule has 13 heteroatoms. The Morgan fingerprint density at radius 1 is 1.41 bits per heavy atom. The largest absolute Gasteiger partial charge is 0.529 e. The molecule has 0 spiro atoms. The zero-order valence-electron chi connectivity index (χ0n) is 11.5. The smallest absolute Gasteiger partial charge is 0.369 e. The number of carbonyl (C=O) groups excluding carboxylic acids is 2. The van der Waals surface area contributed by atoms with Crippen molar-refractivity contribution in [2.75, 3.05) is 7.11 Å². The first-order chi connectivity index (χ1) is 9.72. The number of carbonyl (C=O) groups is 2. The Balaban J connectivity index is 2.47. The number of halogens is 2. The van der Waals surface area contributed by atoms with Gasteiger partial charge in [-0.25, -0.2) is 17.8 Å². The van der Waals surface area contributed by atoms with Crippen molar-refractivity contribution in [3.8, 4) is 0 Å². The summed E-state index contributed by atoms with van der Waals surface area (Å²) in [5.74, 6) is -2.02. The van der Waals surface area contributed by atoms with Crippen LogP contribution >= 0.6 is 39.7 Å². The second-order valence-corrected chi connectivity index (χ2v) is 12.9. The normalized spacial score (nSPS) is 33.5. The lowest BCUT2D eigenvalue weighted by Crippen LogP contribution is -2.69. The molecule has 2 aliphatic rings. The fourth-order valence-electron chi connectivity index (χ4n) is 2.47. The van der Waals surface area contributed by atoms with E-state index in [4.69, 9.17) is 0 Å². The lowest BCUT2D eigenvalue weighted by atomic mass is 9.98. The number of hydrogen-bond acceptors (Lipinski definition) is 7. The van der Waals surface area contributed by atoms with Crippen molar-refractivity contribution in [2.24, 2.45) is 0 Å². The van der Waals surface area contributed by atoms with E-state index in [-0.39, 0.29) is 0 Å². The van der Waals surface area contributed by atoms with Crippen LogP contribution in [0.4, 0.5) is 0 Å². The minimum atomic E-state index is -4.66. The van der Waals surface area contributed by atoms with Crippen LogP contribution in [-0.4, -0.2) is 56.6 Å². The van der Waals surface area contributed by atoms with Crippen LogP contribution in [-0.2, 0) is 33.0 Å². The minimum Gasteiger partial charge on any atom is -0.369 e. The van der Waals surface area contributed by atoms with E-state index in [2.05, 4.69) is 40.9 Å². The Kier molecular flexibility index (Phi) is 4.17. The van der Waals surface area contributed by atoms with Crippen LogP contribution < -0.4 is 0 Å². The maximum Gasteiger partial charge on any atom is 0.529 e. The molecule has 2 rings (SSSR count). The Bertz CT molecular complexity index is 704. The van der Waals surface area contributed by atoms with Crippen molar-refractivity contribution in [1.29, 1.82) is 0 Å². The first-order valence-corrected chi connectivity index (χ1v) is 10.4. The molecule has 2 fully saturated rings. The van der Waals surface area contributed by atoms with E-state index in [1.165, 1.54) is 13.8 Å². The third kappa shape index (κ3) is 2.22. The summed E-state index contributed by atoms with van der Waals surface area (Å²) in [7, 11) is -7.77. The van der Waals surface area contributed by atoms with Crippen molar-refractivity contribution in [3.63, 3.8) is 0 Å². The highest BCUT2D eigenvalue weighted by molar-refractivity contribution is 9.26. The van der Waals surface area contributed by atoms with Gasteiger partial charge in [-0.3, -0.25) is 14.2 Å². The maximum atomic E-state index is 12.6. The number of amides is 1. The zero-order valence-corrected chi connectivity index (χ0v) is 16.4. The van der Waals surface area contributed by atoms with E-state index in [1.54, 1.807) is 0 Å². The fourth-order valence-corrected chi connectivity index (χ4v) is 7.30. The highest BCUT2D eigenvalue weighted by atomic mass is 79.9. The van der Waals surface area contributed by atoms with Gasteiger partial charge in [0.05, 0.1) is 0 Å². The van der Waals surface area contributed by atoms with Crippen LogP contribution in [0.5, 0.6) is 0 Å². The van der Waals surface area contributed by atoms with Crippen LogP contribution in [0.15, 0.2) is 0 Å². The highest BCUT2D eigenvalue weighted by Gasteiger charge is 2.77. The molecule has 1 amide bonds. The molecule has 0 radical (unpaired) electrons. The summed E-state index contributed by atoms with van der Waals surface area (Å²) < 4.78 is 41.7. The molecule has 1 N–H and O–H groups in total. The number of sulfone groups is 1. The number of alkyl halides is 2. The van der Waals surface area contributed by atoms with Crippen LogP contribution in [0.25, 0.3) is 0 Å². The Morgan fingerprint density at radius 2 is 1.91 bits per heavy atom. The van der Waals surface area contributed by atoms with E-state index >= 15 is 0 Å². The fraction of sp³-hybridized carbons (Fsp3) is 0.778. The molecule has 2 aliphatic heterocycles. The van der Waals surface area contributed by atoms with Crippen molar-refractivity contribution >= 4 is 61.4 Å². The molecular formula is C9H12Br2NO8PS. The second kappa shape index (κ2) is 5.00. The first kappa shape index (κ1) is 18.3. The van der Waals surface area contributed by atoms with E-state index in [9.17, 15) is 27.5 Å². The summed E-state index contributed by atoms with van der Waals surface area (Å²) in [4.78, 5) is 34.3. The Hall–Kier alpha value is -0.000000000000000222. The lowest BCUT2D eigenvalue weighted by molar-refractivity contribution is -0.156. The Labute approximate surface area is 143 Å². The van der Waals surface area contributed by atoms with Crippen molar-refractivity contribution in [1.82, 2.24) is 4.90 Å². The molecule has 0 aliphatic carbocycles. The number of phosphoric ester groups is 1. The minimum absolute atomic E-state index is 0.696. The maximum absolute atomic E-state index is 12.6. The Morgan fingerprint density at radius 3 is 2.36 bits per heavy atom. The van der Waals surface area contributed by atoms with Crippen molar-refractivity contribution in [3.05, 3.63) is 0 Å². The average Bonchev–Trinajstić information content (AvgIpc) is 2.51. The summed E-state index contributed by atoms with van der Waals surface area (Å²) in [5, 5.41) is -1.33. The van der Waals surface area contributed by atoms with Crippen molar-refractivity contribution in [2.45, 2.75) is 33.2 Å². The van der Waals surface area contributed by atoms with Crippen LogP contribution in [0.3, 0.4) is 0 Å². The van der Waals surface area contributed by atoms with Gasteiger partial charge in [0.1, 0.15) is 4.75 Å². The van der Waals surface area contributed by atoms with Gasteiger partial charge < -0.3 is 9.42 Å². The van der Waals surface area contributed by atoms with E-state index in [1.807, 2.05) is 0 Å². The average molecular weight is 485 g/mol. The van der Waals surface area contributed by atoms with E-state index in [0.29, 0.717) is 0 Å². The van der Waals surface area contributed by atoms with Gasteiger partial charge >= 0.3 is 13.8 Å². The molecule has 2 saturated heterocycles.